The number of hydrogen-bond donors (Lipinski definition) is 4. The van der Waals surface area contributed by atoms with Crippen LogP contribution in [-0.4, -0.2) is 95.5 Å². The van der Waals surface area contributed by atoms with Crippen LogP contribution in [0.25, 0.3) is 0 Å². The first-order valence-corrected chi connectivity index (χ1v) is 19.7. The molecule has 4 unspecified atom stereocenters. The molecule has 11 atom stereocenters. The zero-order valence-corrected chi connectivity index (χ0v) is 30.9. The Kier molecular flexibility index (Phi) is 10.2. The highest BCUT2D eigenvalue weighted by Crippen LogP contribution is 2.62. The lowest BCUT2D eigenvalue weighted by molar-refractivity contribution is -0.214. The van der Waals surface area contributed by atoms with Crippen molar-refractivity contribution in [1.82, 2.24) is 24.9 Å². The summed E-state index contributed by atoms with van der Waals surface area (Å²) >= 11 is 0. The average Bonchev–Trinajstić information content (AvgIpc) is 3.76. The van der Waals surface area contributed by atoms with Gasteiger partial charge in [-0.15, -0.1) is 5.10 Å². The summed E-state index contributed by atoms with van der Waals surface area (Å²) in [5.74, 6) is 2.06. The number of pyridine rings is 1. The van der Waals surface area contributed by atoms with Gasteiger partial charge < -0.3 is 34.8 Å². The number of likely N-dealkylation sites (tertiary alicyclic amines) is 1. The molecule has 4 heterocycles. The first-order chi connectivity index (χ1) is 25.8. The number of aromatic nitrogens is 4. The summed E-state index contributed by atoms with van der Waals surface area (Å²) in [6.07, 6.45) is -0.00944. The molecule has 2 aliphatic heterocycles. The second kappa shape index (κ2) is 14.6. The van der Waals surface area contributed by atoms with Crippen molar-refractivity contribution in [2.75, 3.05) is 19.6 Å². The molecule has 294 valence electrons. The van der Waals surface area contributed by atoms with Gasteiger partial charge in [-0.25, -0.2) is 9.67 Å². The molecule has 8 rings (SSSR count). The monoisotopic (exact) mass is 755 g/mol. The maximum absolute atomic E-state index is 13.3. The fourth-order valence-electron chi connectivity index (χ4n) is 10.8. The van der Waals surface area contributed by atoms with Gasteiger partial charge in [0.05, 0.1) is 24.4 Å². The first kappa shape index (κ1) is 37.6. The number of fused-ring (bicyclic) bond motifs is 5. The second-order valence-electron chi connectivity index (χ2n) is 16.8. The molecule has 2 aromatic heterocycles. The number of piperidine rings is 1. The Bertz CT molecular complexity index is 1790. The van der Waals surface area contributed by atoms with E-state index in [0.717, 1.165) is 83.5 Å². The van der Waals surface area contributed by atoms with E-state index in [1.54, 1.807) is 17.8 Å². The summed E-state index contributed by atoms with van der Waals surface area (Å²) < 4.78 is 53.5. The van der Waals surface area contributed by atoms with Crippen LogP contribution in [0, 0.1) is 23.2 Å². The molecule has 0 amide bonds. The Morgan fingerprint density at radius 3 is 2.59 bits per heavy atom. The van der Waals surface area contributed by atoms with Crippen LogP contribution >= 0.6 is 0 Å². The van der Waals surface area contributed by atoms with E-state index in [1.807, 2.05) is 12.1 Å². The molecular weight excluding hydrogens is 703 g/mol. The van der Waals surface area contributed by atoms with Crippen molar-refractivity contribution in [1.29, 1.82) is 0 Å². The van der Waals surface area contributed by atoms with Gasteiger partial charge in [-0.05, 0) is 130 Å². The van der Waals surface area contributed by atoms with Gasteiger partial charge in [-0.1, -0.05) is 24.3 Å². The normalized spacial score (nSPS) is 36.0. The SMILES string of the molecule is C[C@H]1O[C@H](c2cn(C3CCN(CCCC4Cc5cc(O)ccc5C5CC[C@@]6(C)C(CC[C@@H]6O)C45)CC3)nn2)[C@H](Oc2cccc(C(F)(F)F)n2)[C@@H](O)[C@H]1O. The van der Waals surface area contributed by atoms with Crippen molar-refractivity contribution < 1.29 is 43.1 Å². The minimum Gasteiger partial charge on any atom is -0.508 e. The number of halogens is 3. The molecular formula is C40H52F3N5O6. The third-order valence-electron chi connectivity index (χ3n) is 13.7. The number of aromatic hydroxyl groups is 1. The van der Waals surface area contributed by atoms with E-state index in [1.165, 1.54) is 23.3 Å². The fraction of sp³-hybridized carbons (Fsp3) is 0.675. The average molecular weight is 756 g/mol. The van der Waals surface area contributed by atoms with E-state index in [0.29, 0.717) is 35.1 Å². The van der Waals surface area contributed by atoms with Gasteiger partial charge in [0.15, 0.2) is 6.10 Å². The third kappa shape index (κ3) is 7.01. The maximum Gasteiger partial charge on any atom is 0.433 e. The van der Waals surface area contributed by atoms with Gasteiger partial charge in [0.25, 0.3) is 0 Å². The fourth-order valence-corrected chi connectivity index (χ4v) is 10.8. The van der Waals surface area contributed by atoms with Gasteiger partial charge >= 0.3 is 6.18 Å². The Hall–Kier alpha value is -3.30. The van der Waals surface area contributed by atoms with E-state index in [9.17, 15) is 33.6 Å². The van der Waals surface area contributed by atoms with Crippen LogP contribution in [0.4, 0.5) is 13.2 Å². The second-order valence-corrected chi connectivity index (χ2v) is 16.8. The van der Waals surface area contributed by atoms with E-state index < -0.39 is 42.4 Å². The summed E-state index contributed by atoms with van der Waals surface area (Å²) in [5, 5.41) is 51.6. The molecule has 14 heteroatoms. The number of rotatable bonds is 8. The van der Waals surface area contributed by atoms with Crippen LogP contribution in [0.2, 0.25) is 0 Å². The van der Waals surface area contributed by atoms with Crippen LogP contribution in [0.5, 0.6) is 11.6 Å². The maximum atomic E-state index is 13.3. The van der Waals surface area contributed by atoms with Crippen molar-refractivity contribution in [2.24, 2.45) is 23.2 Å². The van der Waals surface area contributed by atoms with Crippen molar-refractivity contribution in [2.45, 2.75) is 126 Å². The standard InChI is InChI=1S/C40H52F3N5O6/c1-22-35(51)36(52)38(54-33-7-3-6-31(44-33)40(41,42)43)37(53-22)30-21-48(46-45-30)25-13-17-47(18-14-25)16-4-5-23-19-24-20-26(49)8-9-27(24)28-12-15-39(2)29(34(23)28)10-11-32(39)50/h3,6-9,20-23,25,28-29,32,34-38,49-52H,4-5,10-19H2,1-2H3/t22-,23?,28?,29?,32+,34?,35+,36+,37-,38-,39+/m1/s1. The molecule has 4 fully saturated rings. The summed E-state index contributed by atoms with van der Waals surface area (Å²) in [6, 6.07) is 9.31. The van der Waals surface area contributed by atoms with Gasteiger partial charge in [0, 0.05) is 19.2 Å². The molecule has 11 nitrogen and oxygen atoms in total. The molecule has 0 radical (unpaired) electrons. The van der Waals surface area contributed by atoms with Gasteiger partial charge in [-0.2, -0.15) is 13.2 Å². The highest BCUT2D eigenvalue weighted by atomic mass is 19.4. The van der Waals surface area contributed by atoms with E-state index in [-0.39, 0.29) is 23.4 Å². The van der Waals surface area contributed by atoms with Crippen LogP contribution < -0.4 is 4.74 Å². The summed E-state index contributed by atoms with van der Waals surface area (Å²) in [4.78, 5) is 6.07. The summed E-state index contributed by atoms with van der Waals surface area (Å²) in [7, 11) is 0. The highest BCUT2D eigenvalue weighted by Gasteiger charge is 2.56. The van der Waals surface area contributed by atoms with Crippen LogP contribution in [0.1, 0.15) is 106 Å². The zero-order chi connectivity index (χ0) is 37.9. The summed E-state index contributed by atoms with van der Waals surface area (Å²) in [6.45, 7) is 6.71. The van der Waals surface area contributed by atoms with Crippen molar-refractivity contribution in [3.8, 4) is 11.6 Å². The molecule has 2 saturated carbocycles. The number of phenols is 1. The van der Waals surface area contributed by atoms with Crippen LogP contribution in [0.15, 0.2) is 42.6 Å². The molecule has 4 N–H and O–H groups in total. The van der Waals surface area contributed by atoms with Crippen molar-refractivity contribution >= 4 is 0 Å². The molecule has 0 spiro atoms. The number of ether oxygens (including phenoxy) is 2. The number of aliphatic hydroxyl groups is 3. The number of alkyl halides is 3. The number of nitrogens with zero attached hydrogens (tertiary/aromatic N) is 5. The van der Waals surface area contributed by atoms with Crippen LogP contribution in [-0.2, 0) is 17.3 Å². The van der Waals surface area contributed by atoms with Gasteiger partial charge in [0.1, 0.15) is 35.4 Å². The van der Waals surface area contributed by atoms with Crippen LogP contribution in [0.3, 0.4) is 0 Å². The Morgan fingerprint density at radius 1 is 1.02 bits per heavy atom. The van der Waals surface area contributed by atoms with Gasteiger partial charge in [0.2, 0.25) is 5.88 Å². The predicted molar refractivity (Wildman–Crippen MR) is 191 cm³/mol. The van der Waals surface area contributed by atoms with E-state index >= 15 is 0 Å². The lowest BCUT2D eigenvalue weighted by Gasteiger charge is -2.53. The predicted octanol–water partition coefficient (Wildman–Crippen LogP) is 5.59. The quantitative estimate of drug-likeness (QED) is 0.230. The molecule has 3 aliphatic carbocycles. The molecule has 0 bridgehead atoms. The minimum absolute atomic E-state index is 0.00688. The van der Waals surface area contributed by atoms with E-state index in [2.05, 4.69) is 33.2 Å². The smallest absolute Gasteiger partial charge is 0.433 e. The van der Waals surface area contributed by atoms with E-state index in [4.69, 9.17) is 9.47 Å². The molecule has 54 heavy (non-hydrogen) atoms. The number of hydrogen-bond acceptors (Lipinski definition) is 10. The Morgan fingerprint density at radius 2 is 1.81 bits per heavy atom. The molecule has 5 aliphatic rings. The first-order valence-electron chi connectivity index (χ1n) is 19.7. The van der Waals surface area contributed by atoms with Gasteiger partial charge in [-0.3, -0.25) is 0 Å². The topological polar surface area (TPSA) is 146 Å². The molecule has 2 saturated heterocycles. The lowest BCUT2D eigenvalue weighted by atomic mass is 9.52. The Balaban J connectivity index is 0.891. The summed E-state index contributed by atoms with van der Waals surface area (Å²) in [5.41, 5.74) is 1.91. The highest BCUT2D eigenvalue weighted by molar-refractivity contribution is 5.41. The number of benzene rings is 1. The Labute approximate surface area is 313 Å². The molecule has 3 aromatic rings. The lowest BCUT2D eigenvalue weighted by Crippen LogP contribution is -2.55. The zero-order valence-electron chi connectivity index (χ0n) is 30.9. The number of phenolic OH excluding ortho intramolecular Hbond substituents is 1. The third-order valence-corrected chi connectivity index (χ3v) is 13.7. The van der Waals surface area contributed by atoms with Crippen molar-refractivity contribution in [3.05, 3.63) is 65.1 Å². The molecule has 1 aromatic carbocycles. The number of aliphatic hydroxyl groups excluding tert-OH is 3. The van der Waals surface area contributed by atoms with Crippen molar-refractivity contribution in [3.63, 3.8) is 0 Å². The largest absolute Gasteiger partial charge is 0.508 e. The minimum atomic E-state index is -4.68.